The molecule has 110 valence electrons. The molecule has 0 amide bonds. The summed E-state index contributed by atoms with van der Waals surface area (Å²) >= 11 is 0. The molecule has 0 radical (unpaired) electrons. The number of hydrogen-bond donors (Lipinski definition) is 0. The van der Waals surface area contributed by atoms with Crippen molar-refractivity contribution in [3.8, 4) is 0 Å². The van der Waals surface area contributed by atoms with Gasteiger partial charge in [-0.3, -0.25) is 0 Å². The molecule has 0 fully saturated rings. The summed E-state index contributed by atoms with van der Waals surface area (Å²) in [7, 11) is 1.40. The highest BCUT2D eigenvalue weighted by Gasteiger charge is 2.43. The lowest BCUT2D eigenvalue weighted by Crippen LogP contribution is -2.18. The van der Waals surface area contributed by atoms with Crippen molar-refractivity contribution < 1.29 is 23.0 Å². The molecule has 0 spiro atoms. The standard InChI is InChI=1S/C15H18F2O3/c1-18-11-20-14-13(7-8-15(14,16)17)10-19-9-12-5-3-2-4-6-12/h2-6H,7-11H2,1H3. The molecule has 1 aliphatic carbocycles. The quantitative estimate of drug-likeness (QED) is 0.717. The van der Waals surface area contributed by atoms with E-state index in [1.165, 1.54) is 7.11 Å². The Hall–Kier alpha value is -1.46. The lowest BCUT2D eigenvalue weighted by molar-refractivity contribution is -0.0671. The van der Waals surface area contributed by atoms with Gasteiger partial charge >= 0.3 is 5.92 Å². The summed E-state index contributed by atoms with van der Waals surface area (Å²) in [5, 5.41) is 0. The van der Waals surface area contributed by atoms with Gasteiger partial charge in [0.05, 0.1) is 13.2 Å². The van der Waals surface area contributed by atoms with Gasteiger partial charge in [0.2, 0.25) is 0 Å². The van der Waals surface area contributed by atoms with Gasteiger partial charge in [-0.05, 0) is 17.6 Å². The second-order valence-electron chi connectivity index (χ2n) is 4.67. The van der Waals surface area contributed by atoms with E-state index in [0.29, 0.717) is 18.6 Å². The van der Waals surface area contributed by atoms with Crippen LogP contribution in [0.2, 0.25) is 0 Å². The van der Waals surface area contributed by atoms with Gasteiger partial charge in [-0.1, -0.05) is 30.3 Å². The molecule has 3 nitrogen and oxygen atoms in total. The van der Waals surface area contributed by atoms with Gasteiger partial charge < -0.3 is 14.2 Å². The number of rotatable bonds is 7. The molecular weight excluding hydrogens is 266 g/mol. The minimum absolute atomic E-state index is 0.156. The van der Waals surface area contributed by atoms with Gasteiger partial charge in [-0.25, -0.2) is 0 Å². The summed E-state index contributed by atoms with van der Waals surface area (Å²) in [5.41, 5.74) is 1.53. The van der Waals surface area contributed by atoms with Gasteiger partial charge in [-0.15, -0.1) is 0 Å². The number of allylic oxidation sites excluding steroid dienone is 1. The van der Waals surface area contributed by atoms with E-state index in [9.17, 15) is 8.78 Å². The molecule has 0 aliphatic heterocycles. The van der Waals surface area contributed by atoms with E-state index >= 15 is 0 Å². The van der Waals surface area contributed by atoms with Crippen molar-refractivity contribution in [2.75, 3.05) is 20.5 Å². The van der Waals surface area contributed by atoms with Gasteiger partial charge in [0, 0.05) is 13.5 Å². The highest BCUT2D eigenvalue weighted by molar-refractivity contribution is 5.23. The van der Waals surface area contributed by atoms with Crippen LogP contribution in [0.15, 0.2) is 41.7 Å². The molecule has 1 aliphatic rings. The topological polar surface area (TPSA) is 27.7 Å². The SMILES string of the molecule is COCOC1=C(COCc2ccccc2)CCC1(F)F. The Labute approximate surface area is 117 Å². The van der Waals surface area contributed by atoms with Crippen LogP contribution in [0.1, 0.15) is 18.4 Å². The first-order valence-electron chi connectivity index (χ1n) is 6.47. The van der Waals surface area contributed by atoms with Crippen LogP contribution in [0.4, 0.5) is 8.78 Å². The van der Waals surface area contributed by atoms with Crippen LogP contribution in [0.5, 0.6) is 0 Å². The molecule has 0 heterocycles. The largest absolute Gasteiger partial charge is 0.466 e. The van der Waals surface area contributed by atoms with E-state index < -0.39 is 5.92 Å². The number of halogens is 2. The zero-order valence-electron chi connectivity index (χ0n) is 11.4. The van der Waals surface area contributed by atoms with E-state index in [4.69, 9.17) is 9.47 Å². The van der Waals surface area contributed by atoms with Crippen molar-refractivity contribution in [1.82, 2.24) is 0 Å². The number of methoxy groups -OCH3 is 1. The molecule has 0 saturated carbocycles. The molecule has 0 aromatic heterocycles. The first-order valence-corrected chi connectivity index (χ1v) is 6.47. The van der Waals surface area contributed by atoms with Crippen LogP contribution in [0.3, 0.4) is 0 Å². The Balaban J connectivity index is 1.92. The molecule has 2 rings (SSSR count). The van der Waals surface area contributed by atoms with Crippen molar-refractivity contribution in [3.05, 3.63) is 47.2 Å². The molecule has 1 aromatic carbocycles. The average Bonchev–Trinajstić information content (AvgIpc) is 2.73. The van der Waals surface area contributed by atoms with Crippen LogP contribution >= 0.6 is 0 Å². The lowest BCUT2D eigenvalue weighted by atomic mass is 10.2. The van der Waals surface area contributed by atoms with Crippen LogP contribution in [0, 0.1) is 0 Å². The Morgan fingerprint density at radius 1 is 1.15 bits per heavy atom. The van der Waals surface area contributed by atoms with Gasteiger partial charge in [0.15, 0.2) is 12.6 Å². The summed E-state index contributed by atoms with van der Waals surface area (Å²) in [5.74, 6) is -3.20. The van der Waals surface area contributed by atoms with E-state index in [2.05, 4.69) is 4.74 Å². The van der Waals surface area contributed by atoms with Crippen LogP contribution < -0.4 is 0 Å². The third-order valence-electron chi connectivity index (χ3n) is 3.10. The summed E-state index contributed by atoms with van der Waals surface area (Å²) in [6, 6.07) is 9.60. The van der Waals surface area contributed by atoms with E-state index in [1.54, 1.807) is 0 Å². The predicted molar refractivity (Wildman–Crippen MR) is 70.3 cm³/mol. The third-order valence-corrected chi connectivity index (χ3v) is 3.10. The monoisotopic (exact) mass is 284 g/mol. The van der Waals surface area contributed by atoms with E-state index in [1.807, 2.05) is 30.3 Å². The molecule has 0 bridgehead atoms. The smallest absolute Gasteiger partial charge is 0.304 e. The number of benzene rings is 1. The average molecular weight is 284 g/mol. The van der Waals surface area contributed by atoms with Gasteiger partial charge in [0.1, 0.15) is 0 Å². The Bertz CT molecular complexity index is 457. The zero-order chi connectivity index (χ0) is 14.4. The second-order valence-corrected chi connectivity index (χ2v) is 4.67. The molecule has 20 heavy (non-hydrogen) atoms. The van der Waals surface area contributed by atoms with E-state index in [-0.39, 0.29) is 25.6 Å². The van der Waals surface area contributed by atoms with Crippen molar-refractivity contribution in [1.29, 1.82) is 0 Å². The number of hydrogen-bond acceptors (Lipinski definition) is 3. The molecule has 0 atom stereocenters. The molecule has 1 aromatic rings. The molecule has 5 heteroatoms. The maximum absolute atomic E-state index is 13.6. The minimum atomic E-state index is -2.91. The highest BCUT2D eigenvalue weighted by Crippen LogP contribution is 2.40. The summed E-state index contributed by atoms with van der Waals surface area (Å²) in [6.45, 7) is 0.379. The fourth-order valence-electron chi connectivity index (χ4n) is 2.12. The Morgan fingerprint density at radius 3 is 2.60 bits per heavy atom. The first kappa shape index (κ1) is 14.9. The van der Waals surface area contributed by atoms with Crippen LogP contribution in [0.25, 0.3) is 0 Å². The number of ether oxygens (including phenoxy) is 3. The normalized spacial score (nSPS) is 17.6. The van der Waals surface area contributed by atoms with Crippen LogP contribution in [-0.2, 0) is 20.8 Å². The van der Waals surface area contributed by atoms with Gasteiger partial charge in [0.25, 0.3) is 0 Å². The van der Waals surface area contributed by atoms with Crippen molar-refractivity contribution in [2.24, 2.45) is 0 Å². The fraction of sp³-hybridized carbons (Fsp3) is 0.467. The molecule has 0 saturated heterocycles. The third kappa shape index (κ3) is 3.77. The Morgan fingerprint density at radius 2 is 1.90 bits per heavy atom. The lowest BCUT2D eigenvalue weighted by Gasteiger charge is -2.15. The minimum Gasteiger partial charge on any atom is -0.466 e. The first-order chi connectivity index (χ1) is 9.63. The predicted octanol–water partition coefficient (Wildman–Crippen LogP) is 3.51. The van der Waals surface area contributed by atoms with Crippen LogP contribution in [-0.4, -0.2) is 26.4 Å². The molecule has 0 unspecified atom stereocenters. The van der Waals surface area contributed by atoms with Crippen molar-refractivity contribution in [3.63, 3.8) is 0 Å². The fourth-order valence-corrected chi connectivity index (χ4v) is 2.12. The van der Waals surface area contributed by atoms with Crippen molar-refractivity contribution >= 4 is 0 Å². The zero-order valence-corrected chi connectivity index (χ0v) is 11.4. The Kier molecular flexibility index (Phi) is 5.09. The highest BCUT2D eigenvalue weighted by atomic mass is 19.3. The number of alkyl halides is 2. The second kappa shape index (κ2) is 6.81. The molecular formula is C15H18F2O3. The summed E-state index contributed by atoms with van der Waals surface area (Å²) in [6.07, 6.45) is 0.0664. The van der Waals surface area contributed by atoms with Gasteiger partial charge in [-0.2, -0.15) is 8.78 Å². The maximum atomic E-state index is 13.6. The summed E-state index contributed by atoms with van der Waals surface area (Å²) < 4.78 is 42.5. The van der Waals surface area contributed by atoms with E-state index in [0.717, 1.165) is 5.56 Å². The van der Waals surface area contributed by atoms with Crippen molar-refractivity contribution in [2.45, 2.75) is 25.4 Å². The maximum Gasteiger partial charge on any atom is 0.304 e. The molecule has 0 N–H and O–H groups in total. The summed E-state index contributed by atoms with van der Waals surface area (Å²) in [4.78, 5) is 0.